The summed E-state index contributed by atoms with van der Waals surface area (Å²) in [7, 11) is 3.94. The molecular formula is C23H39N5O2. The monoisotopic (exact) mass is 417 g/mol. The molecule has 1 saturated heterocycles. The molecule has 7 heteroatoms. The smallest absolute Gasteiger partial charge is 0.410 e. The van der Waals surface area contributed by atoms with Gasteiger partial charge in [0.2, 0.25) is 0 Å². The minimum Gasteiger partial charge on any atom is -0.444 e. The van der Waals surface area contributed by atoms with E-state index in [0.29, 0.717) is 19.1 Å². The number of benzene rings is 1. The van der Waals surface area contributed by atoms with E-state index in [4.69, 9.17) is 9.73 Å². The van der Waals surface area contributed by atoms with E-state index in [1.807, 2.05) is 32.9 Å². The van der Waals surface area contributed by atoms with Crippen molar-refractivity contribution in [2.24, 2.45) is 4.99 Å². The quantitative estimate of drug-likeness (QED) is 0.527. The number of ether oxygens (including phenoxy) is 1. The Labute approximate surface area is 181 Å². The zero-order chi connectivity index (χ0) is 22.1. The summed E-state index contributed by atoms with van der Waals surface area (Å²) in [5.74, 6) is 0.853. The van der Waals surface area contributed by atoms with Crippen molar-refractivity contribution in [1.82, 2.24) is 20.4 Å². The summed E-state index contributed by atoms with van der Waals surface area (Å²) >= 11 is 0. The lowest BCUT2D eigenvalue weighted by molar-refractivity contribution is 0.0285. The Hall–Kier alpha value is -2.28. The maximum absolute atomic E-state index is 12.1. The minimum atomic E-state index is -0.487. The van der Waals surface area contributed by atoms with Crippen LogP contribution in [0.5, 0.6) is 0 Å². The first-order valence-electron chi connectivity index (χ1n) is 10.9. The first-order chi connectivity index (χ1) is 14.2. The van der Waals surface area contributed by atoms with E-state index in [2.05, 4.69) is 41.6 Å². The summed E-state index contributed by atoms with van der Waals surface area (Å²) in [4.78, 5) is 20.8. The van der Waals surface area contributed by atoms with Crippen molar-refractivity contribution in [1.29, 1.82) is 0 Å². The second kappa shape index (κ2) is 11.2. The Morgan fingerprint density at radius 1 is 1.23 bits per heavy atom. The molecule has 7 nitrogen and oxygen atoms in total. The van der Waals surface area contributed by atoms with Crippen molar-refractivity contribution in [3.8, 4) is 0 Å². The number of nitrogens with one attached hydrogen (secondary N) is 2. The molecule has 1 aromatic carbocycles. The van der Waals surface area contributed by atoms with Gasteiger partial charge >= 0.3 is 6.09 Å². The Balaban J connectivity index is 1.87. The average molecular weight is 418 g/mol. The molecule has 1 fully saturated rings. The molecule has 30 heavy (non-hydrogen) atoms. The topological polar surface area (TPSA) is 69.2 Å². The van der Waals surface area contributed by atoms with Gasteiger partial charge in [-0.25, -0.2) is 9.79 Å². The van der Waals surface area contributed by atoms with Crippen LogP contribution in [0, 0.1) is 0 Å². The number of nitrogens with zero attached hydrogens (tertiary/aromatic N) is 3. The minimum absolute atomic E-state index is 0.314. The molecule has 1 amide bonds. The van der Waals surface area contributed by atoms with Gasteiger partial charge in [-0.1, -0.05) is 24.3 Å². The summed E-state index contributed by atoms with van der Waals surface area (Å²) in [5, 5.41) is 6.79. The van der Waals surface area contributed by atoms with Crippen LogP contribution in [0.25, 0.3) is 0 Å². The molecule has 0 aliphatic carbocycles. The second-order valence-corrected chi connectivity index (χ2v) is 9.01. The lowest BCUT2D eigenvalue weighted by Gasteiger charge is -2.24. The number of likely N-dealkylation sites (N-methyl/N-ethyl adjacent to an activating group) is 1. The van der Waals surface area contributed by atoms with E-state index in [1.165, 1.54) is 19.4 Å². The van der Waals surface area contributed by atoms with E-state index in [9.17, 15) is 4.79 Å². The molecule has 1 atom stereocenters. The van der Waals surface area contributed by atoms with Gasteiger partial charge in [0.05, 0.1) is 6.54 Å². The molecule has 1 heterocycles. The number of hydrogen-bond acceptors (Lipinski definition) is 4. The number of likely N-dealkylation sites (tertiary alicyclic amines) is 1. The lowest BCUT2D eigenvalue weighted by atomic mass is 10.1. The highest BCUT2D eigenvalue weighted by molar-refractivity contribution is 5.79. The predicted octanol–water partition coefficient (Wildman–Crippen LogP) is 3.20. The molecular weight excluding hydrogens is 378 g/mol. The Morgan fingerprint density at radius 2 is 1.90 bits per heavy atom. The third-order valence-corrected chi connectivity index (χ3v) is 5.09. The van der Waals surface area contributed by atoms with Crippen molar-refractivity contribution >= 4 is 12.1 Å². The van der Waals surface area contributed by atoms with Gasteiger partial charge in [-0.3, -0.25) is 0 Å². The van der Waals surface area contributed by atoms with Crippen molar-refractivity contribution in [2.45, 2.75) is 65.3 Å². The van der Waals surface area contributed by atoms with Gasteiger partial charge in [0, 0.05) is 32.7 Å². The van der Waals surface area contributed by atoms with E-state index >= 15 is 0 Å². The largest absolute Gasteiger partial charge is 0.444 e. The average Bonchev–Trinajstić information content (AvgIpc) is 3.08. The summed E-state index contributed by atoms with van der Waals surface area (Å²) in [6, 6.07) is 8.79. The molecule has 0 saturated carbocycles. The molecule has 1 aliphatic heterocycles. The lowest BCUT2D eigenvalue weighted by Crippen LogP contribution is -2.44. The SMILES string of the molecule is CCNC(=NCc1ccc(CN(C)C(=O)OC(C)(C)C)cc1)NCC1CCCN1C. The molecule has 0 spiro atoms. The Bertz CT molecular complexity index is 697. The van der Waals surface area contributed by atoms with Crippen LogP contribution in [0.1, 0.15) is 51.7 Å². The first kappa shape index (κ1) is 24.0. The van der Waals surface area contributed by atoms with E-state index < -0.39 is 5.60 Å². The predicted molar refractivity (Wildman–Crippen MR) is 123 cm³/mol. The third kappa shape index (κ3) is 8.22. The molecule has 0 radical (unpaired) electrons. The van der Waals surface area contributed by atoms with Crippen LogP contribution < -0.4 is 10.6 Å². The fourth-order valence-corrected chi connectivity index (χ4v) is 3.39. The molecule has 2 N–H and O–H groups in total. The Kier molecular flexibility index (Phi) is 8.96. The van der Waals surface area contributed by atoms with Crippen LogP contribution in [0.15, 0.2) is 29.3 Å². The number of aliphatic imine (C=N–C) groups is 1. The van der Waals surface area contributed by atoms with Gasteiger partial charge in [0.15, 0.2) is 5.96 Å². The fraction of sp³-hybridized carbons (Fsp3) is 0.652. The highest BCUT2D eigenvalue weighted by Gasteiger charge is 2.21. The van der Waals surface area contributed by atoms with Gasteiger partial charge in [-0.15, -0.1) is 0 Å². The van der Waals surface area contributed by atoms with Crippen molar-refractivity contribution < 1.29 is 9.53 Å². The molecule has 1 aromatic rings. The highest BCUT2D eigenvalue weighted by atomic mass is 16.6. The Morgan fingerprint density at radius 3 is 2.47 bits per heavy atom. The number of hydrogen-bond donors (Lipinski definition) is 2. The maximum atomic E-state index is 12.1. The van der Waals surface area contributed by atoms with E-state index in [-0.39, 0.29) is 6.09 Å². The molecule has 0 bridgehead atoms. The number of amides is 1. The van der Waals surface area contributed by atoms with Crippen LogP contribution in [0.2, 0.25) is 0 Å². The zero-order valence-corrected chi connectivity index (χ0v) is 19.5. The molecule has 1 aliphatic rings. The van der Waals surface area contributed by atoms with Crippen LogP contribution in [-0.2, 0) is 17.8 Å². The first-order valence-corrected chi connectivity index (χ1v) is 10.9. The second-order valence-electron chi connectivity index (χ2n) is 9.01. The van der Waals surface area contributed by atoms with E-state index in [0.717, 1.165) is 30.2 Å². The molecule has 0 aromatic heterocycles. The zero-order valence-electron chi connectivity index (χ0n) is 19.5. The number of carbonyl (C=O) groups excluding carboxylic acids is 1. The van der Waals surface area contributed by atoms with Gasteiger partial charge in [-0.05, 0) is 65.3 Å². The number of carbonyl (C=O) groups is 1. The van der Waals surface area contributed by atoms with Crippen LogP contribution >= 0.6 is 0 Å². The normalized spacial score (nSPS) is 17.7. The fourth-order valence-electron chi connectivity index (χ4n) is 3.39. The van der Waals surface area contributed by atoms with Gasteiger partial charge in [0.25, 0.3) is 0 Å². The molecule has 1 unspecified atom stereocenters. The maximum Gasteiger partial charge on any atom is 0.410 e. The summed E-state index contributed by atoms with van der Waals surface area (Å²) in [6.07, 6.45) is 2.19. The number of guanidine groups is 1. The van der Waals surface area contributed by atoms with Crippen molar-refractivity contribution in [2.75, 3.05) is 33.7 Å². The highest BCUT2D eigenvalue weighted by Crippen LogP contribution is 2.14. The van der Waals surface area contributed by atoms with Crippen molar-refractivity contribution in [3.63, 3.8) is 0 Å². The number of rotatable bonds is 7. The summed E-state index contributed by atoms with van der Waals surface area (Å²) in [6.45, 7) is 11.7. The summed E-state index contributed by atoms with van der Waals surface area (Å²) < 4.78 is 5.40. The molecule has 168 valence electrons. The summed E-state index contributed by atoms with van der Waals surface area (Å²) in [5.41, 5.74) is 1.71. The molecule has 2 rings (SSSR count). The van der Waals surface area contributed by atoms with Crippen LogP contribution in [-0.4, -0.2) is 67.2 Å². The van der Waals surface area contributed by atoms with Gasteiger partial charge in [0.1, 0.15) is 5.60 Å². The van der Waals surface area contributed by atoms with Gasteiger partial charge < -0.3 is 25.2 Å². The van der Waals surface area contributed by atoms with Crippen LogP contribution in [0.4, 0.5) is 4.79 Å². The van der Waals surface area contributed by atoms with E-state index in [1.54, 1.807) is 11.9 Å². The van der Waals surface area contributed by atoms with Crippen molar-refractivity contribution in [3.05, 3.63) is 35.4 Å². The third-order valence-electron chi connectivity index (χ3n) is 5.09. The van der Waals surface area contributed by atoms with Crippen LogP contribution in [0.3, 0.4) is 0 Å². The standard InChI is InChI=1S/C23H39N5O2/c1-7-24-21(26-16-20-9-8-14-27(20)5)25-15-18-10-12-19(13-11-18)17-28(6)22(29)30-23(2,3)4/h10-13,20H,7-9,14-17H2,1-6H3,(H2,24,25,26). The van der Waals surface area contributed by atoms with Gasteiger partial charge in [-0.2, -0.15) is 0 Å².